The first-order valence-corrected chi connectivity index (χ1v) is 7.49. The molecule has 1 aliphatic rings. The number of carbonyl (C=O) groups is 1. The summed E-state index contributed by atoms with van der Waals surface area (Å²) in [7, 11) is 1.78. The number of hydrogen-bond acceptors (Lipinski definition) is 2. The van der Waals surface area contributed by atoms with Crippen LogP contribution in [-0.2, 0) is 11.2 Å². The first-order chi connectivity index (χ1) is 8.98. The maximum atomic E-state index is 12.1. The molecule has 0 spiro atoms. The fourth-order valence-corrected chi connectivity index (χ4v) is 2.90. The zero-order valence-corrected chi connectivity index (χ0v) is 12.8. The second-order valence-corrected chi connectivity index (χ2v) is 6.40. The standard InChI is InChI=1S/C15H20BrNO2/c1-17(11-15(19)8-2-3-9-15)14(18)10-12-4-6-13(16)7-5-12/h4-7,19H,2-3,8-11H2,1H3. The van der Waals surface area contributed by atoms with E-state index in [2.05, 4.69) is 15.9 Å². The van der Waals surface area contributed by atoms with Crippen LogP contribution in [-0.4, -0.2) is 35.1 Å². The van der Waals surface area contributed by atoms with E-state index in [1.807, 2.05) is 24.3 Å². The third-order valence-corrected chi connectivity index (χ3v) is 4.29. The molecule has 0 bridgehead atoms. The lowest BCUT2D eigenvalue weighted by atomic mass is 10.0. The molecule has 1 aromatic carbocycles. The Hall–Kier alpha value is -0.870. The number of aliphatic hydroxyl groups is 1. The Labute approximate surface area is 122 Å². The molecule has 19 heavy (non-hydrogen) atoms. The Bertz CT molecular complexity index is 438. The minimum atomic E-state index is -0.663. The van der Waals surface area contributed by atoms with Crippen LogP contribution < -0.4 is 0 Å². The van der Waals surface area contributed by atoms with Crippen molar-refractivity contribution in [3.05, 3.63) is 34.3 Å². The molecule has 1 N–H and O–H groups in total. The molecule has 1 saturated carbocycles. The Morgan fingerprint density at radius 1 is 1.32 bits per heavy atom. The quantitative estimate of drug-likeness (QED) is 0.924. The second kappa shape index (κ2) is 6.06. The summed E-state index contributed by atoms with van der Waals surface area (Å²) in [5.41, 5.74) is 0.336. The molecule has 4 heteroatoms. The number of rotatable bonds is 4. The van der Waals surface area contributed by atoms with Crippen LogP contribution in [0, 0.1) is 0 Å². The van der Waals surface area contributed by atoms with Gasteiger partial charge < -0.3 is 10.0 Å². The van der Waals surface area contributed by atoms with Crippen molar-refractivity contribution >= 4 is 21.8 Å². The smallest absolute Gasteiger partial charge is 0.226 e. The molecule has 1 aliphatic carbocycles. The molecule has 0 radical (unpaired) electrons. The van der Waals surface area contributed by atoms with Gasteiger partial charge in [0.05, 0.1) is 12.0 Å². The molecule has 0 aromatic heterocycles. The Balaban J connectivity index is 1.90. The van der Waals surface area contributed by atoms with Gasteiger partial charge in [0.15, 0.2) is 0 Å². The molecule has 0 unspecified atom stereocenters. The van der Waals surface area contributed by atoms with Crippen molar-refractivity contribution in [3.8, 4) is 0 Å². The van der Waals surface area contributed by atoms with E-state index in [1.54, 1.807) is 11.9 Å². The molecule has 0 aliphatic heterocycles. The highest BCUT2D eigenvalue weighted by Crippen LogP contribution is 2.30. The van der Waals surface area contributed by atoms with Crippen LogP contribution in [0.4, 0.5) is 0 Å². The molecule has 3 nitrogen and oxygen atoms in total. The van der Waals surface area contributed by atoms with Crippen LogP contribution in [0.5, 0.6) is 0 Å². The molecular weight excluding hydrogens is 306 g/mol. The van der Waals surface area contributed by atoms with Crippen molar-refractivity contribution < 1.29 is 9.90 Å². The summed E-state index contributed by atoms with van der Waals surface area (Å²) in [6, 6.07) is 7.76. The Kier molecular flexibility index (Phi) is 4.63. The first-order valence-electron chi connectivity index (χ1n) is 6.69. The minimum Gasteiger partial charge on any atom is -0.388 e. The fraction of sp³-hybridized carbons (Fsp3) is 0.533. The summed E-state index contributed by atoms with van der Waals surface area (Å²) in [4.78, 5) is 13.8. The van der Waals surface area contributed by atoms with Gasteiger partial charge in [-0.3, -0.25) is 4.79 Å². The summed E-state index contributed by atoms with van der Waals surface area (Å²) in [5, 5.41) is 10.3. The number of likely N-dealkylation sites (N-methyl/N-ethyl adjacent to an activating group) is 1. The van der Waals surface area contributed by atoms with Gasteiger partial charge in [0.25, 0.3) is 0 Å². The number of halogens is 1. The zero-order chi connectivity index (χ0) is 13.9. The molecule has 0 heterocycles. The van der Waals surface area contributed by atoms with Gasteiger partial charge in [-0.15, -0.1) is 0 Å². The lowest BCUT2D eigenvalue weighted by Crippen LogP contribution is -2.42. The third-order valence-electron chi connectivity index (χ3n) is 3.76. The van der Waals surface area contributed by atoms with Gasteiger partial charge in [-0.2, -0.15) is 0 Å². The summed E-state index contributed by atoms with van der Waals surface area (Å²) < 4.78 is 1.01. The molecule has 104 valence electrons. The summed E-state index contributed by atoms with van der Waals surface area (Å²) in [5.74, 6) is 0.0580. The fourth-order valence-electron chi connectivity index (χ4n) is 2.63. The highest BCUT2D eigenvalue weighted by Gasteiger charge is 2.33. The maximum absolute atomic E-state index is 12.1. The normalized spacial score (nSPS) is 17.4. The van der Waals surface area contributed by atoms with E-state index in [-0.39, 0.29) is 5.91 Å². The van der Waals surface area contributed by atoms with Crippen LogP contribution >= 0.6 is 15.9 Å². The zero-order valence-electron chi connectivity index (χ0n) is 11.2. The highest BCUT2D eigenvalue weighted by atomic mass is 79.9. The summed E-state index contributed by atoms with van der Waals surface area (Å²) in [6.07, 6.45) is 4.13. The molecule has 1 aromatic rings. The number of benzene rings is 1. The summed E-state index contributed by atoms with van der Waals surface area (Å²) >= 11 is 3.38. The van der Waals surface area contributed by atoms with E-state index in [0.29, 0.717) is 13.0 Å². The van der Waals surface area contributed by atoms with Crippen molar-refractivity contribution in [1.82, 2.24) is 4.90 Å². The van der Waals surface area contributed by atoms with Crippen LogP contribution in [0.25, 0.3) is 0 Å². The topological polar surface area (TPSA) is 40.5 Å². The van der Waals surface area contributed by atoms with E-state index in [0.717, 1.165) is 35.7 Å². The lowest BCUT2D eigenvalue weighted by molar-refractivity contribution is -0.132. The van der Waals surface area contributed by atoms with E-state index in [4.69, 9.17) is 0 Å². The first kappa shape index (κ1) is 14.5. The molecular formula is C15H20BrNO2. The van der Waals surface area contributed by atoms with Gasteiger partial charge in [-0.25, -0.2) is 0 Å². The monoisotopic (exact) mass is 325 g/mol. The lowest BCUT2D eigenvalue weighted by Gasteiger charge is -2.28. The van der Waals surface area contributed by atoms with Crippen molar-refractivity contribution in [3.63, 3.8) is 0 Å². The van der Waals surface area contributed by atoms with Crippen molar-refractivity contribution in [2.75, 3.05) is 13.6 Å². The van der Waals surface area contributed by atoms with Crippen LogP contribution in [0.2, 0.25) is 0 Å². The van der Waals surface area contributed by atoms with Crippen LogP contribution in [0.3, 0.4) is 0 Å². The van der Waals surface area contributed by atoms with Gasteiger partial charge in [-0.1, -0.05) is 40.9 Å². The Morgan fingerprint density at radius 2 is 1.89 bits per heavy atom. The van der Waals surface area contributed by atoms with Crippen LogP contribution in [0.1, 0.15) is 31.2 Å². The van der Waals surface area contributed by atoms with Crippen molar-refractivity contribution in [2.45, 2.75) is 37.7 Å². The molecule has 1 amide bonds. The second-order valence-electron chi connectivity index (χ2n) is 5.48. The predicted molar refractivity (Wildman–Crippen MR) is 78.9 cm³/mol. The number of hydrogen-bond donors (Lipinski definition) is 1. The van der Waals surface area contributed by atoms with Gasteiger partial charge in [0.2, 0.25) is 5.91 Å². The van der Waals surface area contributed by atoms with Gasteiger partial charge >= 0.3 is 0 Å². The number of amides is 1. The number of nitrogens with zero attached hydrogens (tertiary/aromatic N) is 1. The van der Waals surface area contributed by atoms with E-state index >= 15 is 0 Å². The van der Waals surface area contributed by atoms with Gasteiger partial charge in [0, 0.05) is 18.1 Å². The SMILES string of the molecule is CN(CC1(O)CCCC1)C(=O)Cc1ccc(Br)cc1. The summed E-state index contributed by atoms with van der Waals surface area (Å²) in [6.45, 7) is 0.447. The van der Waals surface area contributed by atoms with Gasteiger partial charge in [0.1, 0.15) is 0 Å². The highest BCUT2D eigenvalue weighted by molar-refractivity contribution is 9.10. The molecule has 1 fully saturated rings. The van der Waals surface area contributed by atoms with E-state index < -0.39 is 5.60 Å². The van der Waals surface area contributed by atoms with Crippen molar-refractivity contribution in [2.24, 2.45) is 0 Å². The molecule has 0 atom stereocenters. The van der Waals surface area contributed by atoms with Crippen LogP contribution in [0.15, 0.2) is 28.7 Å². The van der Waals surface area contributed by atoms with Gasteiger partial charge in [-0.05, 0) is 30.5 Å². The predicted octanol–water partition coefficient (Wildman–Crippen LogP) is 2.76. The maximum Gasteiger partial charge on any atom is 0.226 e. The van der Waals surface area contributed by atoms with E-state index in [9.17, 15) is 9.90 Å². The minimum absolute atomic E-state index is 0.0580. The Morgan fingerprint density at radius 3 is 2.47 bits per heavy atom. The largest absolute Gasteiger partial charge is 0.388 e. The number of carbonyl (C=O) groups excluding carboxylic acids is 1. The molecule has 2 rings (SSSR count). The molecule has 0 saturated heterocycles. The average molecular weight is 326 g/mol. The van der Waals surface area contributed by atoms with E-state index in [1.165, 1.54) is 0 Å². The average Bonchev–Trinajstić information content (AvgIpc) is 2.78. The van der Waals surface area contributed by atoms with Crippen molar-refractivity contribution in [1.29, 1.82) is 0 Å². The third kappa shape index (κ3) is 4.05.